The molecule has 1 saturated carbocycles. The van der Waals surface area contributed by atoms with Crippen LogP contribution in [0, 0.1) is 17.3 Å². The van der Waals surface area contributed by atoms with Crippen LogP contribution >= 0.6 is 0 Å². The number of likely N-dealkylation sites (tertiary alicyclic amines) is 1. The summed E-state index contributed by atoms with van der Waals surface area (Å²) in [6.07, 6.45) is 3.82. The number of benzene rings is 1. The van der Waals surface area contributed by atoms with Crippen molar-refractivity contribution < 1.29 is 9.59 Å². The van der Waals surface area contributed by atoms with Crippen molar-refractivity contribution in [2.45, 2.75) is 46.6 Å². The van der Waals surface area contributed by atoms with Crippen molar-refractivity contribution in [3.63, 3.8) is 0 Å². The minimum Gasteiger partial charge on any atom is -0.353 e. The Kier molecular flexibility index (Phi) is 5.59. The van der Waals surface area contributed by atoms with E-state index in [-0.39, 0.29) is 29.3 Å². The Morgan fingerprint density at radius 2 is 1.74 bits per heavy atom. The minimum absolute atomic E-state index is 0.0393. The van der Waals surface area contributed by atoms with Crippen molar-refractivity contribution >= 4 is 17.6 Å². The summed E-state index contributed by atoms with van der Waals surface area (Å²) < 4.78 is 0. The van der Waals surface area contributed by atoms with Crippen LogP contribution in [-0.4, -0.2) is 36.0 Å². The second-order valence-corrected chi connectivity index (χ2v) is 8.63. The van der Waals surface area contributed by atoms with Gasteiger partial charge in [-0.3, -0.25) is 4.79 Å². The van der Waals surface area contributed by atoms with Gasteiger partial charge in [-0.1, -0.05) is 43.7 Å². The highest BCUT2D eigenvalue weighted by molar-refractivity contribution is 5.89. The molecule has 27 heavy (non-hydrogen) atoms. The van der Waals surface area contributed by atoms with Gasteiger partial charge in [-0.2, -0.15) is 0 Å². The maximum Gasteiger partial charge on any atom is 0.321 e. The van der Waals surface area contributed by atoms with Gasteiger partial charge in [-0.25, -0.2) is 4.79 Å². The molecular weight excluding hydrogens is 338 g/mol. The summed E-state index contributed by atoms with van der Waals surface area (Å²) in [5.41, 5.74) is 2.11. The van der Waals surface area contributed by atoms with E-state index in [1.54, 1.807) is 0 Å². The van der Waals surface area contributed by atoms with Crippen LogP contribution in [0.3, 0.4) is 0 Å². The first-order valence-corrected chi connectivity index (χ1v) is 9.85. The van der Waals surface area contributed by atoms with Crippen LogP contribution in [0.2, 0.25) is 0 Å². The molecule has 3 amide bonds. The average Bonchev–Trinajstić information content (AvgIpc) is 3.15. The van der Waals surface area contributed by atoms with E-state index in [0.717, 1.165) is 18.5 Å². The Hall–Kier alpha value is -2.30. The van der Waals surface area contributed by atoms with Crippen molar-refractivity contribution in [1.29, 1.82) is 0 Å². The Morgan fingerprint density at radius 1 is 1.11 bits per heavy atom. The standard InChI is InChI=1S/C22H31N3O2/c1-15(2)14-18-19(22(18,3)4)20(26)23-17-10-12-25(13-11-17)21(27)24-16-8-6-5-7-9-16/h5-9,14,17-19H,10-13H2,1-4H3,(H,23,26)(H,24,27)/t18-,19+/m0/s1. The van der Waals surface area contributed by atoms with E-state index in [4.69, 9.17) is 0 Å². The fraction of sp³-hybridized carbons (Fsp3) is 0.545. The summed E-state index contributed by atoms with van der Waals surface area (Å²) >= 11 is 0. The fourth-order valence-corrected chi connectivity index (χ4v) is 4.09. The SMILES string of the molecule is CC(C)=C[C@H]1[C@H](C(=O)NC2CCN(C(=O)Nc3ccccc3)CC2)C1(C)C. The van der Waals surface area contributed by atoms with Gasteiger partial charge >= 0.3 is 6.03 Å². The van der Waals surface area contributed by atoms with Gasteiger partial charge in [-0.15, -0.1) is 0 Å². The molecule has 0 bridgehead atoms. The van der Waals surface area contributed by atoms with Gasteiger partial charge in [0.1, 0.15) is 0 Å². The Balaban J connectivity index is 1.46. The quantitative estimate of drug-likeness (QED) is 0.787. The summed E-state index contributed by atoms with van der Waals surface area (Å²) in [5, 5.41) is 6.15. The molecular formula is C22H31N3O2. The van der Waals surface area contributed by atoms with E-state index < -0.39 is 0 Å². The number of rotatable bonds is 4. The van der Waals surface area contributed by atoms with Gasteiger partial charge in [0, 0.05) is 24.8 Å². The number of piperidine rings is 1. The lowest BCUT2D eigenvalue weighted by molar-refractivity contribution is -0.124. The van der Waals surface area contributed by atoms with Gasteiger partial charge in [0.2, 0.25) is 5.91 Å². The molecule has 1 aromatic carbocycles. The van der Waals surface area contributed by atoms with Gasteiger partial charge in [0.05, 0.1) is 5.92 Å². The van der Waals surface area contributed by atoms with E-state index in [2.05, 4.69) is 44.4 Å². The third-order valence-corrected chi connectivity index (χ3v) is 5.86. The van der Waals surface area contributed by atoms with Crippen molar-refractivity contribution in [2.24, 2.45) is 17.3 Å². The molecule has 0 unspecified atom stereocenters. The summed E-state index contributed by atoms with van der Waals surface area (Å²) in [6, 6.07) is 9.57. The number of hydrogen-bond donors (Lipinski definition) is 2. The highest BCUT2D eigenvalue weighted by Crippen LogP contribution is 2.59. The van der Waals surface area contributed by atoms with E-state index in [1.165, 1.54) is 5.57 Å². The molecule has 2 aliphatic rings. The number of amides is 3. The topological polar surface area (TPSA) is 61.4 Å². The lowest BCUT2D eigenvalue weighted by atomic mass is 10.0. The molecule has 5 nitrogen and oxygen atoms in total. The van der Waals surface area contributed by atoms with E-state index >= 15 is 0 Å². The number of para-hydroxylation sites is 1. The van der Waals surface area contributed by atoms with Crippen LogP contribution in [0.1, 0.15) is 40.5 Å². The molecule has 2 N–H and O–H groups in total. The molecule has 3 rings (SSSR count). The molecule has 0 radical (unpaired) electrons. The zero-order valence-electron chi connectivity index (χ0n) is 16.8. The zero-order valence-corrected chi connectivity index (χ0v) is 16.8. The first kappa shape index (κ1) is 19.5. The molecule has 1 aromatic rings. The number of anilines is 1. The van der Waals surface area contributed by atoms with Crippen LogP contribution in [0.4, 0.5) is 10.5 Å². The van der Waals surface area contributed by atoms with E-state index in [1.807, 2.05) is 35.2 Å². The fourth-order valence-electron chi connectivity index (χ4n) is 4.09. The number of carbonyl (C=O) groups excluding carboxylic acids is 2. The number of nitrogens with zero attached hydrogens (tertiary/aromatic N) is 1. The second kappa shape index (κ2) is 7.75. The summed E-state index contributed by atoms with van der Waals surface area (Å²) in [4.78, 5) is 26.9. The Bertz CT molecular complexity index is 714. The normalized spacial score (nSPS) is 24.1. The zero-order chi connectivity index (χ0) is 19.6. The minimum atomic E-state index is -0.0714. The summed E-state index contributed by atoms with van der Waals surface area (Å²) in [5.74, 6) is 0.556. The van der Waals surface area contributed by atoms with Crippen LogP contribution in [0.25, 0.3) is 0 Å². The van der Waals surface area contributed by atoms with Gasteiger partial charge < -0.3 is 15.5 Å². The predicted octanol–water partition coefficient (Wildman–Crippen LogP) is 4.04. The number of nitrogens with one attached hydrogen (secondary N) is 2. The lowest BCUT2D eigenvalue weighted by Gasteiger charge is -2.32. The Labute approximate surface area is 162 Å². The average molecular weight is 370 g/mol. The van der Waals surface area contributed by atoms with Gasteiger partial charge in [-0.05, 0) is 50.2 Å². The monoisotopic (exact) mass is 369 g/mol. The first-order valence-electron chi connectivity index (χ1n) is 9.85. The molecule has 5 heteroatoms. The molecule has 0 spiro atoms. The molecule has 1 aliphatic carbocycles. The second-order valence-electron chi connectivity index (χ2n) is 8.63. The number of urea groups is 1. The smallest absolute Gasteiger partial charge is 0.321 e. The highest BCUT2D eigenvalue weighted by atomic mass is 16.2. The van der Waals surface area contributed by atoms with Gasteiger partial charge in [0.15, 0.2) is 0 Å². The van der Waals surface area contributed by atoms with Crippen molar-refractivity contribution in [2.75, 3.05) is 18.4 Å². The number of hydrogen-bond acceptors (Lipinski definition) is 2. The molecule has 1 heterocycles. The van der Waals surface area contributed by atoms with E-state index in [9.17, 15) is 9.59 Å². The van der Waals surface area contributed by atoms with Crippen LogP contribution in [-0.2, 0) is 4.79 Å². The largest absolute Gasteiger partial charge is 0.353 e. The molecule has 1 saturated heterocycles. The highest BCUT2D eigenvalue weighted by Gasteiger charge is 2.60. The third-order valence-electron chi connectivity index (χ3n) is 5.86. The van der Waals surface area contributed by atoms with Crippen molar-refractivity contribution in [1.82, 2.24) is 10.2 Å². The molecule has 2 atom stereocenters. The predicted molar refractivity (Wildman–Crippen MR) is 108 cm³/mol. The lowest BCUT2D eigenvalue weighted by Crippen LogP contribution is -2.48. The van der Waals surface area contributed by atoms with Crippen molar-refractivity contribution in [3.8, 4) is 0 Å². The van der Waals surface area contributed by atoms with E-state index in [0.29, 0.717) is 19.0 Å². The molecule has 1 aliphatic heterocycles. The maximum atomic E-state index is 12.7. The first-order chi connectivity index (χ1) is 12.8. The maximum absolute atomic E-state index is 12.7. The number of carbonyl (C=O) groups is 2. The third kappa shape index (κ3) is 4.52. The van der Waals surface area contributed by atoms with Crippen LogP contribution in [0.5, 0.6) is 0 Å². The summed E-state index contributed by atoms with van der Waals surface area (Å²) in [7, 11) is 0. The van der Waals surface area contributed by atoms with Gasteiger partial charge in [0.25, 0.3) is 0 Å². The molecule has 0 aromatic heterocycles. The van der Waals surface area contributed by atoms with Crippen LogP contribution in [0.15, 0.2) is 42.0 Å². The van der Waals surface area contributed by atoms with Crippen LogP contribution < -0.4 is 10.6 Å². The molecule has 2 fully saturated rings. The summed E-state index contributed by atoms with van der Waals surface area (Å²) in [6.45, 7) is 9.82. The Morgan fingerprint density at radius 3 is 2.33 bits per heavy atom. The molecule has 146 valence electrons. The number of allylic oxidation sites excluding steroid dienone is 2. The van der Waals surface area contributed by atoms with Crippen molar-refractivity contribution in [3.05, 3.63) is 42.0 Å².